The standard InChI is InChI=1S/C10H13FOS/c1-7(13-3)8-4-5-10(12-2)9(11)6-8/h4-7H,1-3H3. The number of thioether (sulfide) groups is 1. The van der Waals surface area contributed by atoms with Crippen LogP contribution in [0.25, 0.3) is 0 Å². The lowest BCUT2D eigenvalue weighted by Crippen LogP contribution is -1.92. The molecule has 1 unspecified atom stereocenters. The predicted molar refractivity (Wildman–Crippen MR) is 54.9 cm³/mol. The smallest absolute Gasteiger partial charge is 0.165 e. The van der Waals surface area contributed by atoms with Gasteiger partial charge in [0.25, 0.3) is 0 Å². The zero-order chi connectivity index (χ0) is 9.84. The van der Waals surface area contributed by atoms with E-state index in [4.69, 9.17) is 4.74 Å². The fraction of sp³-hybridized carbons (Fsp3) is 0.400. The van der Waals surface area contributed by atoms with E-state index in [-0.39, 0.29) is 5.82 Å². The lowest BCUT2D eigenvalue weighted by Gasteiger charge is -2.09. The molecule has 0 saturated carbocycles. The van der Waals surface area contributed by atoms with Gasteiger partial charge in [-0.1, -0.05) is 6.07 Å². The Morgan fingerprint density at radius 3 is 2.62 bits per heavy atom. The van der Waals surface area contributed by atoms with Gasteiger partial charge in [-0.15, -0.1) is 0 Å². The molecule has 3 heteroatoms. The van der Waals surface area contributed by atoms with Crippen LogP contribution in [0.5, 0.6) is 5.75 Å². The molecular weight excluding hydrogens is 187 g/mol. The lowest BCUT2D eigenvalue weighted by atomic mass is 10.1. The first-order valence-corrected chi connectivity index (χ1v) is 5.34. The van der Waals surface area contributed by atoms with E-state index in [1.807, 2.05) is 19.2 Å². The van der Waals surface area contributed by atoms with Crippen molar-refractivity contribution in [1.82, 2.24) is 0 Å². The summed E-state index contributed by atoms with van der Waals surface area (Å²) in [6.07, 6.45) is 2.01. The van der Waals surface area contributed by atoms with Crippen molar-refractivity contribution in [2.45, 2.75) is 12.2 Å². The van der Waals surface area contributed by atoms with Gasteiger partial charge in [0.15, 0.2) is 11.6 Å². The Morgan fingerprint density at radius 1 is 1.46 bits per heavy atom. The number of halogens is 1. The molecule has 0 saturated heterocycles. The number of hydrogen-bond donors (Lipinski definition) is 0. The maximum absolute atomic E-state index is 13.2. The van der Waals surface area contributed by atoms with E-state index in [9.17, 15) is 4.39 Å². The summed E-state index contributed by atoms with van der Waals surface area (Å²) in [4.78, 5) is 0. The number of methoxy groups -OCH3 is 1. The van der Waals surface area contributed by atoms with Crippen LogP contribution in [0.2, 0.25) is 0 Å². The number of hydrogen-bond acceptors (Lipinski definition) is 2. The molecule has 1 aromatic rings. The zero-order valence-corrected chi connectivity index (χ0v) is 8.82. The Labute approximate surface area is 82.3 Å². The Kier molecular flexibility index (Phi) is 3.60. The number of benzene rings is 1. The van der Waals surface area contributed by atoms with Gasteiger partial charge in [-0.2, -0.15) is 11.8 Å². The molecule has 1 atom stereocenters. The number of rotatable bonds is 3. The van der Waals surface area contributed by atoms with E-state index in [0.717, 1.165) is 5.56 Å². The maximum Gasteiger partial charge on any atom is 0.165 e. The summed E-state index contributed by atoms with van der Waals surface area (Å²) in [6, 6.07) is 5.08. The molecule has 72 valence electrons. The van der Waals surface area contributed by atoms with Crippen LogP contribution in [-0.2, 0) is 0 Å². The van der Waals surface area contributed by atoms with Gasteiger partial charge < -0.3 is 4.74 Å². The van der Waals surface area contributed by atoms with E-state index in [1.54, 1.807) is 17.8 Å². The van der Waals surface area contributed by atoms with E-state index >= 15 is 0 Å². The van der Waals surface area contributed by atoms with E-state index in [0.29, 0.717) is 11.0 Å². The van der Waals surface area contributed by atoms with Gasteiger partial charge in [0.1, 0.15) is 0 Å². The molecule has 0 heterocycles. The van der Waals surface area contributed by atoms with Crippen LogP contribution >= 0.6 is 11.8 Å². The molecular formula is C10H13FOS. The lowest BCUT2D eigenvalue weighted by molar-refractivity contribution is 0.386. The van der Waals surface area contributed by atoms with E-state index < -0.39 is 0 Å². The Hall–Kier alpha value is -0.700. The highest BCUT2D eigenvalue weighted by Gasteiger charge is 2.07. The van der Waals surface area contributed by atoms with Crippen LogP contribution < -0.4 is 4.74 Å². The van der Waals surface area contributed by atoms with E-state index in [2.05, 4.69) is 0 Å². The minimum absolute atomic E-state index is 0.291. The van der Waals surface area contributed by atoms with Gasteiger partial charge in [-0.25, -0.2) is 4.39 Å². The third-order valence-corrected chi connectivity index (χ3v) is 2.98. The van der Waals surface area contributed by atoms with Crippen LogP contribution in [0, 0.1) is 5.82 Å². The van der Waals surface area contributed by atoms with Crippen molar-refractivity contribution in [3.8, 4) is 5.75 Å². The second-order valence-corrected chi connectivity index (χ2v) is 3.95. The first-order chi connectivity index (χ1) is 6.19. The summed E-state index contributed by atoms with van der Waals surface area (Å²) in [5, 5.41) is 0.320. The average molecular weight is 200 g/mol. The van der Waals surface area contributed by atoms with Crippen molar-refractivity contribution in [2.24, 2.45) is 0 Å². The minimum atomic E-state index is -0.291. The SMILES string of the molecule is COc1ccc(C(C)SC)cc1F. The van der Waals surface area contributed by atoms with Gasteiger partial charge in [-0.3, -0.25) is 0 Å². The first kappa shape index (κ1) is 10.4. The predicted octanol–water partition coefficient (Wildman–Crippen LogP) is 3.26. The monoisotopic (exact) mass is 200 g/mol. The van der Waals surface area contributed by atoms with Crippen molar-refractivity contribution < 1.29 is 9.13 Å². The highest BCUT2D eigenvalue weighted by Crippen LogP contribution is 2.28. The summed E-state index contributed by atoms with van der Waals surface area (Å²) in [5.41, 5.74) is 0.991. The maximum atomic E-state index is 13.2. The Balaban J connectivity index is 2.95. The molecule has 0 N–H and O–H groups in total. The van der Waals surface area contributed by atoms with Crippen molar-refractivity contribution in [3.05, 3.63) is 29.6 Å². The molecule has 1 rings (SSSR count). The fourth-order valence-corrected chi connectivity index (χ4v) is 1.49. The second kappa shape index (κ2) is 4.51. The molecule has 0 aromatic heterocycles. The summed E-state index contributed by atoms with van der Waals surface area (Å²) in [6.45, 7) is 2.05. The molecule has 0 bridgehead atoms. The van der Waals surface area contributed by atoms with Crippen molar-refractivity contribution in [2.75, 3.05) is 13.4 Å². The Bertz CT molecular complexity index is 288. The molecule has 1 aromatic carbocycles. The Morgan fingerprint density at radius 2 is 2.15 bits per heavy atom. The molecule has 0 aliphatic carbocycles. The summed E-state index contributed by atoms with van der Waals surface area (Å²) in [5.74, 6) is 0.0120. The minimum Gasteiger partial charge on any atom is -0.494 e. The molecule has 0 amide bonds. The molecule has 0 fully saturated rings. The van der Waals surface area contributed by atoms with E-state index in [1.165, 1.54) is 13.2 Å². The van der Waals surface area contributed by atoms with Gasteiger partial charge in [0.2, 0.25) is 0 Å². The third kappa shape index (κ3) is 2.37. The topological polar surface area (TPSA) is 9.23 Å². The average Bonchev–Trinajstić information content (AvgIpc) is 2.16. The van der Waals surface area contributed by atoms with Crippen molar-refractivity contribution in [3.63, 3.8) is 0 Å². The van der Waals surface area contributed by atoms with Gasteiger partial charge in [0.05, 0.1) is 7.11 Å². The summed E-state index contributed by atoms with van der Waals surface area (Å²) < 4.78 is 18.0. The normalized spacial score (nSPS) is 12.6. The first-order valence-electron chi connectivity index (χ1n) is 4.05. The molecule has 0 aliphatic heterocycles. The summed E-state index contributed by atoms with van der Waals surface area (Å²) in [7, 11) is 1.47. The van der Waals surface area contributed by atoms with Gasteiger partial charge in [0, 0.05) is 5.25 Å². The van der Waals surface area contributed by atoms with Crippen LogP contribution in [0.4, 0.5) is 4.39 Å². The van der Waals surface area contributed by atoms with Gasteiger partial charge >= 0.3 is 0 Å². The highest BCUT2D eigenvalue weighted by molar-refractivity contribution is 7.98. The number of ether oxygens (including phenoxy) is 1. The van der Waals surface area contributed by atoms with Crippen LogP contribution in [0.1, 0.15) is 17.7 Å². The molecule has 0 aliphatic rings. The van der Waals surface area contributed by atoms with Gasteiger partial charge in [-0.05, 0) is 30.9 Å². The molecule has 0 spiro atoms. The highest BCUT2D eigenvalue weighted by atomic mass is 32.2. The molecule has 1 nitrogen and oxygen atoms in total. The second-order valence-electron chi connectivity index (χ2n) is 2.77. The summed E-state index contributed by atoms with van der Waals surface area (Å²) >= 11 is 1.69. The quantitative estimate of drug-likeness (QED) is 0.740. The van der Waals surface area contributed by atoms with Crippen LogP contribution in [-0.4, -0.2) is 13.4 Å². The largest absolute Gasteiger partial charge is 0.494 e. The fourth-order valence-electron chi connectivity index (χ4n) is 1.07. The zero-order valence-electron chi connectivity index (χ0n) is 8.00. The van der Waals surface area contributed by atoms with Crippen LogP contribution in [0.15, 0.2) is 18.2 Å². The van der Waals surface area contributed by atoms with Crippen molar-refractivity contribution in [1.29, 1.82) is 0 Å². The van der Waals surface area contributed by atoms with Crippen molar-refractivity contribution >= 4 is 11.8 Å². The van der Waals surface area contributed by atoms with Crippen LogP contribution in [0.3, 0.4) is 0 Å². The third-order valence-electron chi connectivity index (χ3n) is 2.00. The molecule has 13 heavy (non-hydrogen) atoms. The molecule has 0 radical (unpaired) electrons.